The summed E-state index contributed by atoms with van der Waals surface area (Å²) in [6.07, 6.45) is 2.08. The highest BCUT2D eigenvalue weighted by Crippen LogP contribution is 2.10. The number of piperazine rings is 1. The maximum atomic E-state index is 13.2. The number of halogens is 2. The van der Waals surface area contributed by atoms with Crippen LogP contribution in [0.15, 0.2) is 48.5 Å². The van der Waals surface area contributed by atoms with Crippen LogP contribution in [-0.4, -0.2) is 60.2 Å². The zero-order chi connectivity index (χ0) is 22.2. The van der Waals surface area contributed by atoms with Crippen molar-refractivity contribution in [2.45, 2.75) is 19.3 Å². The van der Waals surface area contributed by atoms with E-state index in [0.717, 1.165) is 25.0 Å². The predicted molar refractivity (Wildman–Crippen MR) is 111 cm³/mol. The molecule has 0 spiro atoms. The average molecular weight is 429 g/mol. The number of hydrogen-bond donors (Lipinski definition) is 1. The third kappa shape index (κ3) is 6.60. The second kappa shape index (κ2) is 10.7. The van der Waals surface area contributed by atoms with E-state index >= 15 is 0 Å². The van der Waals surface area contributed by atoms with E-state index < -0.39 is 17.5 Å². The number of nitrogens with zero attached hydrogens (tertiary/aromatic N) is 2. The molecule has 1 N–H and O–H groups in total. The summed E-state index contributed by atoms with van der Waals surface area (Å²) in [6.45, 7) is 1.38. The molecule has 164 valence electrons. The average Bonchev–Trinajstić information content (AvgIpc) is 2.77. The Bertz CT molecular complexity index is 909. The van der Waals surface area contributed by atoms with Gasteiger partial charge in [0.1, 0.15) is 11.6 Å². The number of benzene rings is 2. The van der Waals surface area contributed by atoms with Gasteiger partial charge in [0.25, 0.3) is 5.91 Å². The molecular formula is C23H25F2N3O3. The van der Waals surface area contributed by atoms with Gasteiger partial charge in [0, 0.05) is 44.2 Å². The molecule has 8 heteroatoms. The second-order valence-corrected chi connectivity index (χ2v) is 7.44. The summed E-state index contributed by atoms with van der Waals surface area (Å²) in [7, 11) is 0. The summed E-state index contributed by atoms with van der Waals surface area (Å²) in [5.41, 5.74) is 1.02. The summed E-state index contributed by atoms with van der Waals surface area (Å²) in [5.74, 6) is -2.67. The zero-order valence-electron chi connectivity index (χ0n) is 17.2. The van der Waals surface area contributed by atoms with Crippen molar-refractivity contribution in [3.05, 3.63) is 71.3 Å². The highest BCUT2D eigenvalue weighted by Gasteiger charge is 2.24. The first-order chi connectivity index (χ1) is 14.9. The van der Waals surface area contributed by atoms with Crippen LogP contribution in [0, 0.1) is 11.6 Å². The molecule has 1 saturated heterocycles. The van der Waals surface area contributed by atoms with E-state index in [0.29, 0.717) is 38.7 Å². The number of carbonyl (C=O) groups is 3. The third-order valence-corrected chi connectivity index (χ3v) is 5.21. The SMILES string of the molecule is O=C(NCC(=O)N1CCN(C(=O)CCCc2ccccc2)CC1)c1cc(F)cc(F)c1. The number of aryl methyl sites for hydroxylation is 1. The summed E-state index contributed by atoms with van der Waals surface area (Å²) in [5, 5.41) is 2.38. The van der Waals surface area contributed by atoms with Crippen LogP contribution >= 0.6 is 0 Å². The fourth-order valence-electron chi connectivity index (χ4n) is 3.51. The summed E-state index contributed by atoms with van der Waals surface area (Å²) in [4.78, 5) is 40.1. The fourth-order valence-corrected chi connectivity index (χ4v) is 3.51. The van der Waals surface area contributed by atoms with Gasteiger partial charge in [-0.1, -0.05) is 30.3 Å². The van der Waals surface area contributed by atoms with Crippen LogP contribution in [0.4, 0.5) is 8.78 Å². The molecule has 31 heavy (non-hydrogen) atoms. The van der Waals surface area contributed by atoms with Crippen LogP contribution in [-0.2, 0) is 16.0 Å². The Morgan fingerprint density at radius 2 is 1.42 bits per heavy atom. The van der Waals surface area contributed by atoms with Crippen molar-refractivity contribution < 1.29 is 23.2 Å². The molecule has 1 fully saturated rings. The minimum absolute atomic E-state index is 0.0736. The quantitative estimate of drug-likeness (QED) is 0.735. The Labute approximate surface area is 179 Å². The van der Waals surface area contributed by atoms with E-state index in [-0.39, 0.29) is 23.9 Å². The Morgan fingerprint density at radius 1 is 0.839 bits per heavy atom. The first-order valence-corrected chi connectivity index (χ1v) is 10.3. The maximum Gasteiger partial charge on any atom is 0.251 e. The Hall–Kier alpha value is -3.29. The molecule has 6 nitrogen and oxygen atoms in total. The van der Waals surface area contributed by atoms with Crippen LogP contribution in [0.5, 0.6) is 0 Å². The molecule has 0 aliphatic carbocycles. The zero-order valence-corrected chi connectivity index (χ0v) is 17.2. The minimum Gasteiger partial charge on any atom is -0.343 e. The lowest BCUT2D eigenvalue weighted by Gasteiger charge is -2.35. The lowest BCUT2D eigenvalue weighted by atomic mass is 10.1. The molecule has 0 bridgehead atoms. The monoisotopic (exact) mass is 429 g/mol. The molecule has 2 aromatic rings. The predicted octanol–water partition coefficient (Wildman–Crippen LogP) is 2.39. The molecule has 3 amide bonds. The highest BCUT2D eigenvalue weighted by molar-refractivity contribution is 5.96. The van der Waals surface area contributed by atoms with Gasteiger partial charge in [0.2, 0.25) is 11.8 Å². The Morgan fingerprint density at radius 3 is 2.03 bits per heavy atom. The van der Waals surface area contributed by atoms with Crippen molar-refractivity contribution in [1.29, 1.82) is 0 Å². The van der Waals surface area contributed by atoms with Crippen LogP contribution < -0.4 is 5.32 Å². The van der Waals surface area contributed by atoms with Crippen LogP contribution in [0.25, 0.3) is 0 Å². The van der Waals surface area contributed by atoms with Gasteiger partial charge < -0.3 is 15.1 Å². The molecule has 1 aliphatic heterocycles. The van der Waals surface area contributed by atoms with Gasteiger partial charge in [0.15, 0.2) is 0 Å². The number of rotatable bonds is 7. The largest absolute Gasteiger partial charge is 0.343 e. The van der Waals surface area contributed by atoms with Crippen molar-refractivity contribution in [3.63, 3.8) is 0 Å². The van der Waals surface area contributed by atoms with Crippen LogP contribution in [0.3, 0.4) is 0 Å². The third-order valence-electron chi connectivity index (χ3n) is 5.21. The number of carbonyl (C=O) groups excluding carboxylic acids is 3. The van der Waals surface area contributed by atoms with Crippen LogP contribution in [0.1, 0.15) is 28.8 Å². The highest BCUT2D eigenvalue weighted by atomic mass is 19.1. The van der Waals surface area contributed by atoms with Gasteiger partial charge in [0.05, 0.1) is 6.54 Å². The molecule has 0 saturated carbocycles. The molecule has 0 unspecified atom stereocenters. The van der Waals surface area contributed by atoms with Gasteiger partial charge in [-0.3, -0.25) is 14.4 Å². The van der Waals surface area contributed by atoms with Crippen molar-refractivity contribution in [3.8, 4) is 0 Å². The standard InChI is InChI=1S/C23H25F2N3O3/c24-19-13-18(14-20(25)15-19)23(31)26-16-22(30)28-11-9-27(10-12-28)21(29)8-4-7-17-5-2-1-3-6-17/h1-3,5-6,13-15H,4,7-12,16H2,(H,26,31). The number of amides is 3. The molecule has 1 aliphatic rings. The van der Waals surface area contributed by atoms with Crippen molar-refractivity contribution in [2.75, 3.05) is 32.7 Å². The van der Waals surface area contributed by atoms with Crippen molar-refractivity contribution in [1.82, 2.24) is 15.1 Å². The second-order valence-electron chi connectivity index (χ2n) is 7.44. The molecule has 0 radical (unpaired) electrons. The van der Waals surface area contributed by atoms with Gasteiger partial charge in [-0.15, -0.1) is 0 Å². The molecule has 3 rings (SSSR count). The smallest absolute Gasteiger partial charge is 0.251 e. The Kier molecular flexibility index (Phi) is 7.70. The van der Waals surface area contributed by atoms with E-state index in [4.69, 9.17) is 0 Å². The molecule has 0 atom stereocenters. The topological polar surface area (TPSA) is 69.7 Å². The van der Waals surface area contributed by atoms with Gasteiger partial charge in [-0.2, -0.15) is 0 Å². The fraction of sp³-hybridized carbons (Fsp3) is 0.348. The maximum absolute atomic E-state index is 13.2. The summed E-state index contributed by atoms with van der Waals surface area (Å²) >= 11 is 0. The van der Waals surface area contributed by atoms with Gasteiger partial charge in [-0.05, 0) is 30.5 Å². The van der Waals surface area contributed by atoms with Gasteiger partial charge >= 0.3 is 0 Å². The Balaban J connectivity index is 1.38. The number of hydrogen-bond acceptors (Lipinski definition) is 3. The molecular weight excluding hydrogens is 404 g/mol. The lowest BCUT2D eigenvalue weighted by molar-refractivity contribution is -0.139. The van der Waals surface area contributed by atoms with Crippen molar-refractivity contribution >= 4 is 17.7 Å². The first-order valence-electron chi connectivity index (χ1n) is 10.3. The molecule has 0 aromatic heterocycles. The van der Waals surface area contributed by atoms with E-state index in [2.05, 4.69) is 5.32 Å². The van der Waals surface area contributed by atoms with E-state index in [1.807, 2.05) is 30.3 Å². The van der Waals surface area contributed by atoms with Crippen LogP contribution in [0.2, 0.25) is 0 Å². The van der Waals surface area contributed by atoms with E-state index in [9.17, 15) is 23.2 Å². The van der Waals surface area contributed by atoms with Crippen molar-refractivity contribution in [2.24, 2.45) is 0 Å². The number of nitrogens with one attached hydrogen (secondary N) is 1. The molecule has 2 aromatic carbocycles. The normalized spacial score (nSPS) is 13.7. The summed E-state index contributed by atoms with van der Waals surface area (Å²) in [6, 6.07) is 12.5. The van der Waals surface area contributed by atoms with E-state index in [1.54, 1.807) is 9.80 Å². The minimum atomic E-state index is -0.860. The summed E-state index contributed by atoms with van der Waals surface area (Å²) < 4.78 is 26.4. The lowest BCUT2D eigenvalue weighted by Crippen LogP contribution is -2.52. The molecule has 1 heterocycles. The first kappa shape index (κ1) is 22.4. The van der Waals surface area contributed by atoms with Gasteiger partial charge in [-0.25, -0.2) is 8.78 Å². The van der Waals surface area contributed by atoms with E-state index in [1.165, 1.54) is 5.56 Å².